The molecule has 0 radical (unpaired) electrons. The molecule has 0 spiro atoms. The molecule has 0 unspecified atom stereocenters. The first kappa shape index (κ1) is 20.6. The number of carbonyl (C=O) groups is 2. The van der Waals surface area contributed by atoms with Crippen LogP contribution in [0.4, 0.5) is 0 Å². The Labute approximate surface area is 161 Å². The van der Waals surface area contributed by atoms with Gasteiger partial charge < -0.3 is 10.2 Å². The van der Waals surface area contributed by atoms with Gasteiger partial charge in [-0.2, -0.15) is 0 Å². The Hall–Kier alpha value is -2.66. The number of amides is 2. The van der Waals surface area contributed by atoms with Crippen molar-refractivity contribution in [1.82, 2.24) is 15.5 Å². The third-order valence-corrected chi connectivity index (χ3v) is 4.70. The lowest BCUT2D eigenvalue weighted by Gasteiger charge is -2.22. The molecule has 0 aliphatic carbocycles. The summed E-state index contributed by atoms with van der Waals surface area (Å²) in [4.78, 5) is 26.4. The highest BCUT2D eigenvalue weighted by Gasteiger charge is 2.22. The fourth-order valence-corrected chi connectivity index (χ4v) is 2.86. The van der Waals surface area contributed by atoms with E-state index in [0.717, 1.165) is 11.1 Å². The molecule has 5 heteroatoms. The smallest absolute Gasteiger partial charge is 0.243 e. The van der Waals surface area contributed by atoms with Crippen molar-refractivity contribution in [3.05, 3.63) is 70.8 Å². The minimum absolute atomic E-state index is 0.0638. The summed E-state index contributed by atoms with van der Waals surface area (Å²) >= 11 is 0. The summed E-state index contributed by atoms with van der Waals surface area (Å²) in [6.07, 6.45) is 0. The normalized spacial score (nSPS) is 12.9. The second-order valence-corrected chi connectivity index (χ2v) is 7.09. The van der Waals surface area contributed by atoms with Gasteiger partial charge in [-0.3, -0.25) is 14.9 Å². The van der Waals surface area contributed by atoms with Gasteiger partial charge >= 0.3 is 0 Å². The van der Waals surface area contributed by atoms with E-state index in [1.54, 1.807) is 14.1 Å². The van der Waals surface area contributed by atoms with Crippen LogP contribution in [-0.4, -0.2) is 37.4 Å². The van der Waals surface area contributed by atoms with Crippen molar-refractivity contribution in [3.8, 4) is 0 Å². The first-order valence-electron chi connectivity index (χ1n) is 9.15. The van der Waals surface area contributed by atoms with E-state index < -0.39 is 6.04 Å². The zero-order chi connectivity index (χ0) is 20.0. The van der Waals surface area contributed by atoms with Crippen molar-refractivity contribution in [1.29, 1.82) is 0 Å². The Morgan fingerprint density at radius 3 is 2.22 bits per heavy atom. The van der Waals surface area contributed by atoms with Gasteiger partial charge in [0.15, 0.2) is 0 Å². The molecule has 2 rings (SSSR count). The molecule has 2 aromatic carbocycles. The van der Waals surface area contributed by atoms with E-state index in [4.69, 9.17) is 0 Å². The summed E-state index contributed by atoms with van der Waals surface area (Å²) in [6, 6.07) is 15.0. The Morgan fingerprint density at radius 1 is 0.963 bits per heavy atom. The number of rotatable bonds is 7. The Morgan fingerprint density at radius 2 is 1.63 bits per heavy atom. The molecule has 0 bridgehead atoms. The summed E-state index contributed by atoms with van der Waals surface area (Å²) in [6.45, 7) is 6.15. The average Bonchev–Trinajstić information content (AvgIpc) is 2.64. The van der Waals surface area contributed by atoms with E-state index in [1.165, 1.54) is 16.0 Å². The maximum Gasteiger partial charge on any atom is 0.243 e. The molecule has 27 heavy (non-hydrogen) atoms. The van der Waals surface area contributed by atoms with Crippen molar-refractivity contribution >= 4 is 11.8 Å². The quantitative estimate of drug-likeness (QED) is 0.791. The topological polar surface area (TPSA) is 61.4 Å². The predicted octanol–water partition coefficient (Wildman–Crippen LogP) is 2.90. The van der Waals surface area contributed by atoms with Crippen molar-refractivity contribution < 1.29 is 9.59 Å². The maximum absolute atomic E-state index is 12.5. The molecule has 2 amide bonds. The molecule has 2 N–H and O–H groups in total. The SMILES string of the molecule is Cc1ccc([C@H](C)NC(=O)CN[C@@H](C(=O)N(C)C)c2ccccc2)cc1C. The van der Waals surface area contributed by atoms with Gasteiger partial charge in [0.05, 0.1) is 12.6 Å². The second-order valence-electron chi connectivity index (χ2n) is 7.09. The maximum atomic E-state index is 12.5. The zero-order valence-corrected chi connectivity index (χ0v) is 16.7. The lowest BCUT2D eigenvalue weighted by Crippen LogP contribution is -2.42. The first-order chi connectivity index (χ1) is 12.8. The van der Waals surface area contributed by atoms with Gasteiger partial charge in [-0.15, -0.1) is 0 Å². The number of likely N-dealkylation sites (N-methyl/N-ethyl adjacent to an activating group) is 1. The van der Waals surface area contributed by atoms with Crippen LogP contribution in [-0.2, 0) is 9.59 Å². The van der Waals surface area contributed by atoms with E-state index in [9.17, 15) is 9.59 Å². The van der Waals surface area contributed by atoms with Crippen molar-refractivity contribution in [3.63, 3.8) is 0 Å². The highest BCUT2D eigenvalue weighted by Crippen LogP contribution is 2.17. The van der Waals surface area contributed by atoms with Crippen LogP contribution in [0.15, 0.2) is 48.5 Å². The van der Waals surface area contributed by atoms with Gasteiger partial charge in [-0.25, -0.2) is 0 Å². The predicted molar refractivity (Wildman–Crippen MR) is 108 cm³/mol. The molecule has 2 aromatic rings. The molecule has 5 nitrogen and oxygen atoms in total. The van der Waals surface area contributed by atoms with Gasteiger partial charge in [0.1, 0.15) is 6.04 Å². The minimum atomic E-state index is -0.552. The molecule has 144 valence electrons. The molecule has 0 aromatic heterocycles. The van der Waals surface area contributed by atoms with Crippen molar-refractivity contribution in [2.45, 2.75) is 32.9 Å². The van der Waals surface area contributed by atoms with Crippen LogP contribution < -0.4 is 10.6 Å². The molecule has 0 fully saturated rings. The largest absolute Gasteiger partial charge is 0.348 e. The zero-order valence-electron chi connectivity index (χ0n) is 16.7. The van der Waals surface area contributed by atoms with Crippen LogP contribution in [0.5, 0.6) is 0 Å². The van der Waals surface area contributed by atoms with E-state index in [2.05, 4.69) is 36.6 Å². The number of carbonyl (C=O) groups excluding carboxylic acids is 2. The van der Waals surface area contributed by atoms with Gasteiger partial charge in [0, 0.05) is 14.1 Å². The van der Waals surface area contributed by atoms with Gasteiger partial charge in [-0.1, -0.05) is 48.5 Å². The summed E-state index contributed by atoms with van der Waals surface area (Å²) < 4.78 is 0. The molecular weight excluding hydrogens is 338 g/mol. The second kappa shape index (κ2) is 9.33. The van der Waals surface area contributed by atoms with Crippen molar-refractivity contribution in [2.24, 2.45) is 0 Å². The first-order valence-corrected chi connectivity index (χ1v) is 9.15. The molecule has 2 atom stereocenters. The molecule has 0 saturated carbocycles. The van der Waals surface area contributed by atoms with E-state index in [1.807, 2.05) is 43.3 Å². The van der Waals surface area contributed by atoms with Crippen LogP contribution >= 0.6 is 0 Å². The molecular formula is C22H29N3O2. The molecule has 0 saturated heterocycles. The Kier molecular flexibility index (Phi) is 7.13. The summed E-state index contributed by atoms with van der Waals surface area (Å²) in [5.41, 5.74) is 4.33. The van der Waals surface area contributed by atoms with Crippen LogP contribution in [0, 0.1) is 13.8 Å². The lowest BCUT2D eigenvalue weighted by molar-refractivity contribution is -0.131. The summed E-state index contributed by atoms with van der Waals surface area (Å²) in [7, 11) is 3.42. The number of aryl methyl sites for hydroxylation is 2. The highest BCUT2D eigenvalue weighted by molar-refractivity contribution is 5.84. The van der Waals surface area contributed by atoms with Gasteiger partial charge in [0.2, 0.25) is 11.8 Å². The van der Waals surface area contributed by atoms with Gasteiger partial charge in [0.25, 0.3) is 0 Å². The van der Waals surface area contributed by atoms with E-state index in [-0.39, 0.29) is 24.4 Å². The third-order valence-electron chi connectivity index (χ3n) is 4.70. The lowest BCUT2D eigenvalue weighted by atomic mass is 10.0. The summed E-state index contributed by atoms with van der Waals surface area (Å²) in [5, 5.41) is 6.08. The van der Waals surface area contributed by atoms with E-state index in [0.29, 0.717) is 0 Å². The minimum Gasteiger partial charge on any atom is -0.348 e. The number of nitrogens with one attached hydrogen (secondary N) is 2. The van der Waals surface area contributed by atoms with Crippen LogP contribution in [0.2, 0.25) is 0 Å². The van der Waals surface area contributed by atoms with Crippen molar-refractivity contribution in [2.75, 3.05) is 20.6 Å². The number of benzene rings is 2. The standard InChI is InChI=1S/C22H29N3O2/c1-15-11-12-19(13-16(15)2)17(3)24-20(26)14-23-21(22(27)25(4)5)18-9-7-6-8-10-18/h6-13,17,21,23H,14H2,1-5H3,(H,24,26)/t17-,21+/m0/s1. The van der Waals surface area contributed by atoms with Crippen LogP contribution in [0.25, 0.3) is 0 Å². The van der Waals surface area contributed by atoms with Crippen LogP contribution in [0.1, 0.15) is 41.3 Å². The number of hydrogen-bond acceptors (Lipinski definition) is 3. The summed E-state index contributed by atoms with van der Waals surface area (Å²) in [5.74, 6) is -0.232. The fourth-order valence-electron chi connectivity index (χ4n) is 2.86. The molecule has 0 aliphatic heterocycles. The van der Waals surface area contributed by atoms with Crippen LogP contribution in [0.3, 0.4) is 0 Å². The highest BCUT2D eigenvalue weighted by atomic mass is 16.2. The fraction of sp³-hybridized carbons (Fsp3) is 0.364. The monoisotopic (exact) mass is 367 g/mol. The average molecular weight is 367 g/mol. The van der Waals surface area contributed by atoms with E-state index >= 15 is 0 Å². The van der Waals surface area contributed by atoms with Gasteiger partial charge in [-0.05, 0) is 43.0 Å². The number of nitrogens with zero attached hydrogens (tertiary/aromatic N) is 1. The Balaban J connectivity index is 2.00. The molecule has 0 aliphatic rings. The number of hydrogen-bond donors (Lipinski definition) is 2. The third kappa shape index (κ3) is 5.66. The molecule has 0 heterocycles. The Bertz CT molecular complexity index is 787.